The molecule has 1 aromatic heterocycles. The van der Waals surface area contributed by atoms with E-state index in [1.54, 1.807) is 36.5 Å². The highest BCUT2D eigenvalue weighted by Crippen LogP contribution is 2.48. The molecule has 0 radical (unpaired) electrons. The van der Waals surface area contributed by atoms with Crippen LogP contribution in [0.3, 0.4) is 0 Å². The Bertz CT molecular complexity index is 1580. The van der Waals surface area contributed by atoms with Gasteiger partial charge in [0.05, 0.1) is 41.8 Å². The summed E-state index contributed by atoms with van der Waals surface area (Å²) >= 11 is 12.8. The predicted octanol–water partition coefficient (Wildman–Crippen LogP) is 6.19. The van der Waals surface area contributed by atoms with Gasteiger partial charge < -0.3 is 14.6 Å². The fourth-order valence-corrected chi connectivity index (χ4v) is 5.30. The number of benzene rings is 3. The highest BCUT2D eigenvalue weighted by molar-refractivity contribution is 6.52. The molecule has 3 aromatic carbocycles. The number of aliphatic hydroxyl groups is 1. The zero-order valence-electron chi connectivity index (χ0n) is 19.7. The summed E-state index contributed by atoms with van der Waals surface area (Å²) in [5, 5.41) is 13.3. The molecule has 9 heteroatoms. The Hall–Kier alpha value is -4.07. The Morgan fingerprint density at radius 2 is 1.65 bits per heavy atom. The molecule has 0 aliphatic carbocycles. The number of hydrogen-bond acceptors (Lipinski definition) is 6. The van der Waals surface area contributed by atoms with Crippen LogP contribution in [-0.4, -0.2) is 36.0 Å². The number of carbonyl (C=O) groups excluding carboxylic acids is 2. The number of fused-ring (bicyclic) bond motifs is 1. The lowest BCUT2D eigenvalue weighted by Crippen LogP contribution is -2.30. The second-order valence-corrected chi connectivity index (χ2v) is 8.99. The molecule has 1 N–H and O–H groups in total. The molecule has 37 heavy (non-hydrogen) atoms. The molecule has 0 saturated carbocycles. The molecule has 1 saturated heterocycles. The molecule has 1 atom stereocenters. The van der Waals surface area contributed by atoms with E-state index in [2.05, 4.69) is 4.98 Å². The number of methoxy groups -OCH3 is 2. The van der Waals surface area contributed by atoms with Crippen LogP contribution in [0.1, 0.15) is 17.3 Å². The van der Waals surface area contributed by atoms with E-state index in [1.807, 2.05) is 30.3 Å². The van der Waals surface area contributed by atoms with Crippen LogP contribution in [-0.2, 0) is 9.59 Å². The maximum atomic E-state index is 13.6. The number of Topliss-reactive ketones (excluding diaryl/α,β-unsaturated/α-hetero) is 1. The number of anilines is 1. The Kier molecular flexibility index (Phi) is 6.50. The summed E-state index contributed by atoms with van der Waals surface area (Å²) in [4.78, 5) is 32.9. The van der Waals surface area contributed by atoms with Crippen molar-refractivity contribution >= 4 is 57.1 Å². The summed E-state index contributed by atoms with van der Waals surface area (Å²) in [6, 6.07) is 18.5. The van der Waals surface area contributed by atoms with Gasteiger partial charge in [-0.15, -0.1) is 0 Å². The topological polar surface area (TPSA) is 89.0 Å². The van der Waals surface area contributed by atoms with Crippen LogP contribution in [0.4, 0.5) is 5.69 Å². The van der Waals surface area contributed by atoms with Crippen LogP contribution in [0, 0.1) is 0 Å². The van der Waals surface area contributed by atoms with Crippen LogP contribution in [0.5, 0.6) is 11.5 Å². The highest BCUT2D eigenvalue weighted by atomic mass is 35.5. The summed E-state index contributed by atoms with van der Waals surface area (Å²) in [7, 11) is 2.75. The second-order valence-electron chi connectivity index (χ2n) is 8.21. The quantitative estimate of drug-likeness (QED) is 0.186. The maximum absolute atomic E-state index is 13.6. The molecule has 1 aliphatic heterocycles. The van der Waals surface area contributed by atoms with Gasteiger partial charge in [0.15, 0.2) is 11.5 Å². The van der Waals surface area contributed by atoms with Gasteiger partial charge in [0, 0.05) is 11.6 Å². The molecular weight excluding hydrogens is 515 g/mol. The van der Waals surface area contributed by atoms with Crippen molar-refractivity contribution in [1.29, 1.82) is 0 Å². The molecule has 2 heterocycles. The first-order valence-electron chi connectivity index (χ1n) is 11.2. The molecule has 1 unspecified atom stereocenters. The van der Waals surface area contributed by atoms with Crippen molar-refractivity contribution in [1.82, 2.24) is 4.98 Å². The summed E-state index contributed by atoms with van der Waals surface area (Å²) in [6.45, 7) is 0. The van der Waals surface area contributed by atoms with E-state index >= 15 is 0 Å². The minimum atomic E-state index is -1.03. The third-order valence-corrected chi connectivity index (χ3v) is 6.86. The fourth-order valence-electron chi connectivity index (χ4n) is 4.61. The van der Waals surface area contributed by atoms with E-state index in [-0.39, 0.29) is 32.7 Å². The van der Waals surface area contributed by atoms with Gasteiger partial charge in [0.1, 0.15) is 16.8 Å². The average molecular weight is 535 g/mol. The number of nitrogens with zero attached hydrogens (tertiary/aromatic N) is 2. The molecule has 186 valence electrons. The normalized spacial score (nSPS) is 16.9. The number of ketones is 1. The van der Waals surface area contributed by atoms with Crippen molar-refractivity contribution in [2.45, 2.75) is 6.04 Å². The van der Waals surface area contributed by atoms with Gasteiger partial charge in [-0.25, -0.2) is 0 Å². The van der Waals surface area contributed by atoms with Gasteiger partial charge in [-0.05, 0) is 29.7 Å². The van der Waals surface area contributed by atoms with Gasteiger partial charge >= 0.3 is 0 Å². The minimum absolute atomic E-state index is 0.0109. The van der Waals surface area contributed by atoms with Crippen molar-refractivity contribution < 1.29 is 24.2 Å². The van der Waals surface area contributed by atoms with Crippen molar-refractivity contribution in [2.24, 2.45) is 0 Å². The smallest absolute Gasteiger partial charge is 0.300 e. The number of pyridine rings is 1. The molecule has 1 fully saturated rings. The van der Waals surface area contributed by atoms with Crippen LogP contribution in [0.15, 0.2) is 78.5 Å². The summed E-state index contributed by atoms with van der Waals surface area (Å²) in [5.74, 6) is -2.00. The van der Waals surface area contributed by atoms with E-state index in [4.69, 9.17) is 32.7 Å². The second kappa shape index (κ2) is 9.76. The molecular formula is C28H20Cl2N2O5. The fraction of sp³-hybridized carbons (Fsp3) is 0.107. The molecule has 0 spiro atoms. The summed E-state index contributed by atoms with van der Waals surface area (Å²) in [6.07, 6.45) is 1.56. The SMILES string of the molecule is COc1c(Cl)cc(/C(O)=C2\C(=O)C(=O)N(c3cccc4ccccc34)C2c2ccccn2)c(OC)c1Cl. The zero-order chi connectivity index (χ0) is 26.3. The lowest BCUT2D eigenvalue weighted by Gasteiger charge is -2.26. The largest absolute Gasteiger partial charge is 0.507 e. The van der Waals surface area contributed by atoms with Gasteiger partial charge in [-0.3, -0.25) is 19.5 Å². The van der Waals surface area contributed by atoms with Crippen LogP contribution in [0.25, 0.3) is 16.5 Å². The van der Waals surface area contributed by atoms with Crippen LogP contribution in [0.2, 0.25) is 10.0 Å². The third-order valence-electron chi connectivity index (χ3n) is 6.23. The van der Waals surface area contributed by atoms with Gasteiger partial charge in [0.25, 0.3) is 11.7 Å². The Morgan fingerprint density at radius 1 is 0.946 bits per heavy atom. The van der Waals surface area contributed by atoms with Crippen LogP contribution >= 0.6 is 23.2 Å². The number of rotatable bonds is 5. The Morgan fingerprint density at radius 3 is 2.35 bits per heavy atom. The lowest BCUT2D eigenvalue weighted by atomic mass is 9.97. The lowest BCUT2D eigenvalue weighted by molar-refractivity contribution is -0.132. The molecule has 1 aliphatic rings. The molecule has 1 amide bonds. The zero-order valence-corrected chi connectivity index (χ0v) is 21.2. The first kappa shape index (κ1) is 24.6. The van der Waals surface area contributed by atoms with E-state index in [0.717, 1.165) is 10.8 Å². The molecule has 5 rings (SSSR count). The van der Waals surface area contributed by atoms with E-state index in [0.29, 0.717) is 11.4 Å². The molecule has 4 aromatic rings. The average Bonchev–Trinajstić information content (AvgIpc) is 3.18. The number of carbonyl (C=O) groups is 2. The standard InChI is InChI=1S/C28H20Cl2N2O5/c1-36-26-17(14-18(29)27(37-2)22(26)30)24(33)21-23(19-11-5-6-13-31-19)32(28(35)25(21)34)20-12-7-9-15-8-3-4-10-16(15)20/h3-14,23,33H,1-2H3/b24-21+. The van der Waals surface area contributed by atoms with Crippen molar-refractivity contribution in [2.75, 3.05) is 19.1 Å². The van der Waals surface area contributed by atoms with Crippen LogP contribution < -0.4 is 14.4 Å². The summed E-state index contributed by atoms with van der Waals surface area (Å²) < 4.78 is 10.7. The monoisotopic (exact) mass is 534 g/mol. The molecule has 7 nitrogen and oxygen atoms in total. The van der Waals surface area contributed by atoms with Crippen molar-refractivity contribution in [3.63, 3.8) is 0 Å². The van der Waals surface area contributed by atoms with Gasteiger partial charge in [-0.2, -0.15) is 0 Å². The van der Waals surface area contributed by atoms with E-state index in [9.17, 15) is 14.7 Å². The number of amides is 1. The number of aliphatic hydroxyl groups excluding tert-OH is 1. The van der Waals surface area contributed by atoms with Gasteiger partial charge in [0.2, 0.25) is 0 Å². The highest BCUT2D eigenvalue weighted by Gasteiger charge is 2.48. The first-order valence-corrected chi connectivity index (χ1v) is 11.9. The maximum Gasteiger partial charge on any atom is 0.300 e. The number of aromatic nitrogens is 1. The number of ether oxygens (including phenoxy) is 2. The molecule has 0 bridgehead atoms. The van der Waals surface area contributed by atoms with E-state index < -0.39 is 23.5 Å². The third kappa shape index (κ3) is 3.97. The predicted molar refractivity (Wildman–Crippen MR) is 143 cm³/mol. The first-order chi connectivity index (χ1) is 17.9. The van der Waals surface area contributed by atoms with Crippen molar-refractivity contribution in [3.8, 4) is 11.5 Å². The minimum Gasteiger partial charge on any atom is -0.507 e. The number of halogens is 2. The number of hydrogen-bond donors (Lipinski definition) is 1. The van der Waals surface area contributed by atoms with Gasteiger partial charge in [-0.1, -0.05) is 65.7 Å². The summed E-state index contributed by atoms with van der Waals surface area (Å²) in [5.41, 5.74) is 0.760. The van der Waals surface area contributed by atoms with E-state index in [1.165, 1.54) is 25.2 Å². The Balaban J connectivity index is 1.81. The Labute approximate surface area is 222 Å². The van der Waals surface area contributed by atoms with Crippen molar-refractivity contribution in [3.05, 3.63) is 99.8 Å².